The lowest BCUT2D eigenvalue weighted by molar-refractivity contribution is -0.163. The molecule has 0 saturated heterocycles. The minimum atomic E-state index is -0.108. The molecule has 0 bridgehead atoms. The fraction of sp³-hybridized carbons (Fsp3) is 1.00. The van der Waals surface area contributed by atoms with E-state index in [9.17, 15) is 10.2 Å². The molecule has 2 heteroatoms. The standard InChI is InChI=1S/C30H52O2/c1-20(2)8-7-9-21(18-31)22-12-14-28(6)24-11-10-23-26(3,4)25(32)13-15-29(23)19-30(24,29)17-16-27(22,28)5/h20-25,31-32H,7-19H2,1-6H3/t21-,22+,23-,24+,25-,27+,28-,29+,30-/m0/s1. The SMILES string of the molecule is CC(C)CCC[C@@H](CO)[C@H]1CC[C@@]2(C)[C@H]3CC[C@H]4C(C)(C)[C@@H](O)CC[C@@]45C[C@@]35CC[C@]12C. The summed E-state index contributed by atoms with van der Waals surface area (Å²) in [7, 11) is 0. The molecule has 0 heterocycles. The molecule has 5 fully saturated rings. The Labute approximate surface area is 198 Å². The Morgan fingerprint density at radius 3 is 2.16 bits per heavy atom. The maximum Gasteiger partial charge on any atom is 0.0594 e. The fourth-order valence-corrected chi connectivity index (χ4v) is 11.4. The van der Waals surface area contributed by atoms with Crippen LogP contribution >= 0.6 is 0 Å². The van der Waals surface area contributed by atoms with Gasteiger partial charge in [0.2, 0.25) is 0 Å². The van der Waals surface area contributed by atoms with Crippen molar-refractivity contribution in [2.75, 3.05) is 6.61 Å². The van der Waals surface area contributed by atoms with Gasteiger partial charge in [0.25, 0.3) is 0 Å². The van der Waals surface area contributed by atoms with Crippen molar-refractivity contribution in [2.24, 2.45) is 56.7 Å². The zero-order chi connectivity index (χ0) is 23.2. The largest absolute Gasteiger partial charge is 0.396 e. The van der Waals surface area contributed by atoms with Gasteiger partial charge in [0.15, 0.2) is 0 Å². The minimum absolute atomic E-state index is 0.0883. The number of aliphatic hydroxyl groups is 2. The van der Waals surface area contributed by atoms with Crippen LogP contribution in [0.2, 0.25) is 0 Å². The zero-order valence-electron chi connectivity index (χ0n) is 22.1. The van der Waals surface area contributed by atoms with Crippen molar-refractivity contribution in [3.8, 4) is 0 Å². The van der Waals surface area contributed by atoms with Crippen LogP contribution in [0.5, 0.6) is 0 Å². The van der Waals surface area contributed by atoms with Crippen LogP contribution in [0.1, 0.15) is 119 Å². The summed E-state index contributed by atoms with van der Waals surface area (Å²) in [6.45, 7) is 15.1. The summed E-state index contributed by atoms with van der Waals surface area (Å²) in [4.78, 5) is 0. The molecule has 5 aliphatic rings. The lowest BCUT2D eigenvalue weighted by Crippen LogP contribution is -2.57. The van der Waals surface area contributed by atoms with Crippen molar-refractivity contribution in [2.45, 2.75) is 125 Å². The van der Waals surface area contributed by atoms with E-state index in [-0.39, 0.29) is 11.5 Å². The van der Waals surface area contributed by atoms with Gasteiger partial charge in [-0.15, -0.1) is 0 Å². The molecule has 0 aromatic rings. The average Bonchev–Trinajstić information content (AvgIpc) is 3.32. The Bertz CT molecular complexity index is 728. The molecule has 2 N–H and O–H groups in total. The van der Waals surface area contributed by atoms with E-state index < -0.39 is 0 Å². The Morgan fingerprint density at radius 1 is 0.781 bits per heavy atom. The van der Waals surface area contributed by atoms with Gasteiger partial charge in [0, 0.05) is 6.61 Å². The minimum Gasteiger partial charge on any atom is -0.396 e. The topological polar surface area (TPSA) is 40.5 Å². The van der Waals surface area contributed by atoms with E-state index in [1.165, 1.54) is 70.6 Å². The highest BCUT2D eigenvalue weighted by molar-refractivity contribution is 5.30. The molecule has 0 aromatic heterocycles. The van der Waals surface area contributed by atoms with Crippen LogP contribution in [0.4, 0.5) is 0 Å². The van der Waals surface area contributed by atoms with Crippen LogP contribution in [0.15, 0.2) is 0 Å². The van der Waals surface area contributed by atoms with Crippen molar-refractivity contribution < 1.29 is 10.2 Å². The molecule has 5 aliphatic carbocycles. The molecule has 184 valence electrons. The van der Waals surface area contributed by atoms with Crippen LogP contribution in [0, 0.1) is 56.7 Å². The van der Waals surface area contributed by atoms with Crippen LogP contribution < -0.4 is 0 Å². The molecular weight excluding hydrogens is 392 g/mol. The van der Waals surface area contributed by atoms with Crippen molar-refractivity contribution in [3.05, 3.63) is 0 Å². The summed E-state index contributed by atoms with van der Waals surface area (Å²) in [5.41, 5.74) is 2.03. The number of hydrogen-bond acceptors (Lipinski definition) is 2. The summed E-state index contributed by atoms with van der Waals surface area (Å²) in [6.07, 6.45) is 15.7. The Morgan fingerprint density at radius 2 is 1.47 bits per heavy atom. The fourth-order valence-electron chi connectivity index (χ4n) is 11.4. The molecular formula is C30H52O2. The van der Waals surface area contributed by atoms with Gasteiger partial charge in [-0.1, -0.05) is 54.4 Å². The number of aliphatic hydroxyl groups excluding tert-OH is 2. The van der Waals surface area contributed by atoms with Gasteiger partial charge >= 0.3 is 0 Å². The zero-order valence-corrected chi connectivity index (χ0v) is 22.1. The number of fused-ring (bicyclic) bond motifs is 2. The summed E-state index contributed by atoms with van der Waals surface area (Å²) < 4.78 is 0. The highest BCUT2D eigenvalue weighted by atomic mass is 16.3. The molecule has 9 atom stereocenters. The van der Waals surface area contributed by atoms with E-state index in [4.69, 9.17) is 0 Å². The monoisotopic (exact) mass is 444 g/mol. The van der Waals surface area contributed by atoms with E-state index in [0.29, 0.717) is 40.1 Å². The third-order valence-electron chi connectivity index (χ3n) is 13.3. The quantitative estimate of drug-likeness (QED) is 0.454. The van der Waals surface area contributed by atoms with Gasteiger partial charge < -0.3 is 10.2 Å². The van der Waals surface area contributed by atoms with Crippen LogP contribution in [0.3, 0.4) is 0 Å². The highest BCUT2D eigenvalue weighted by Crippen LogP contribution is 2.89. The first-order valence-corrected chi connectivity index (χ1v) is 14.3. The molecule has 0 radical (unpaired) electrons. The van der Waals surface area contributed by atoms with Crippen molar-refractivity contribution in [3.63, 3.8) is 0 Å². The Hall–Kier alpha value is -0.0800. The summed E-state index contributed by atoms with van der Waals surface area (Å²) in [5, 5.41) is 21.3. The maximum absolute atomic E-state index is 10.8. The number of hydrogen-bond donors (Lipinski definition) is 2. The molecule has 2 spiro atoms. The van der Waals surface area contributed by atoms with E-state index in [0.717, 1.165) is 24.2 Å². The lowest BCUT2D eigenvalue weighted by atomic mass is 9.41. The van der Waals surface area contributed by atoms with Crippen LogP contribution in [0.25, 0.3) is 0 Å². The van der Waals surface area contributed by atoms with Crippen molar-refractivity contribution in [1.82, 2.24) is 0 Å². The lowest BCUT2D eigenvalue weighted by Gasteiger charge is -2.63. The molecule has 32 heavy (non-hydrogen) atoms. The van der Waals surface area contributed by atoms with Gasteiger partial charge in [-0.25, -0.2) is 0 Å². The first-order valence-electron chi connectivity index (χ1n) is 14.3. The second kappa shape index (κ2) is 7.46. The first kappa shape index (κ1) is 23.7. The normalized spacial score (nSPS) is 52.0. The van der Waals surface area contributed by atoms with Crippen LogP contribution in [-0.2, 0) is 0 Å². The Kier molecular flexibility index (Phi) is 5.51. The van der Waals surface area contributed by atoms with Gasteiger partial charge in [-0.3, -0.25) is 0 Å². The van der Waals surface area contributed by atoms with Gasteiger partial charge in [-0.05, 0) is 121 Å². The third-order valence-corrected chi connectivity index (χ3v) is 13.3. The summed E-state index contributed by atoms with van der Waals surface area (Å²) in [5.74, 6) is 3.58. The molecule has 0 aliphatic heterocycles. The second-order valence-electron chi connectivity index (χ2n) is 14.8. The maximum atomic E-state index is 10.8. The predicted molar refractivity (Wildman–Crippen MR) is 132 cm³/mol. The molecule has 0 unspecified atom stereocenters. The Balaban J connectivity index is 1.40. The summed E-state index contributed by atoms with van der Waals surface area (Å²) >= 11 is 0. The van der Waals surface area contributed by atoms with E-state index in [1.807, 2.05) is 0 Å². The summed E-state index contributed by atoms with van der Waals surface area (Å²) in [6, 6.07) is 0. The van der Waals surface area contributed by atoms with E-state index >= 15 is 0 Å². The van der Waals surface area contributed by atoms with Crippen molar-refractivity contribution >= 4 is 0 Å². The van der Waals surface area contributed by atoms with Gasteiger partial charge in [-0.2, -0.15) is 0 Å². The molecule has 0 aromatic carbocycles. The van der Waals surface area contributed by atoms with Crippen molar-refractivity contribution in [1.29, 1.82) is 0 Å². The number of rotatable bonds is 6. The molecule has 0 amide bonds. The van der Waals surface area contributed by atoms with Crippen LogP contribution in [-0.4, -0.2) is 22.9 Å². The highest BCUT2D eigenvalue weighted by Gasteiger charge is 2.82. The predicted octanol–water partition coefficient (Wildman–Crippen LogP) is 7.22. The van der Waals surface area contributed by atoms with Gasteiger partial charge in [0.05, 0.1) is 6.10 Å². The molecule has 5 rings (SSSR count). The van der Waals surface area contributed by atoms with E-state index in [1.54, 1.807) is 0 Å². The van der Waals surface area contributed by atoms with Gasteiger partial charge in [0.1, 0.15) is 0 Å². The average molecular weight is 445 g/mol. The smallest absolute Gasteiger partial charge is 0.0594 e. The second-order valence-corrected chi connectivity index (χ2v) is 14.8. The third kappa shape index (κ3) is 2.84. The molecule has 2 nitrogen and oxygen atoms in total. The molecule has 5 saturated carbocycles. The van der Waals surface area contributed by atoms with E-state index in [2.05, 4.69) is 41.5 Å². The first-order chi connectivity index (χ1) is 15.0.